The summed E-state index contributed by atoms with van der Waals surface area (Å²) >= 11 is 6.20. The highest BCUT2D eigenvalue weighted by Crippen LogP contribution is 2.20. The van der Waals surface area contributed by atoms with Gasteiger partial charge < -0.3 is 14.0 Å². The normalized spacial score (nSPS) is 15.0. The van der Waals surface area contributed by atoms with E-state index < -0.39 is 0 Å². The van der Waals surface area contributed by atoms with Crippen LogP contribution < -0.4 is 10.3 Å². The van der Waals surface area contributed by atoms with Gasteiger partial charge in [0.1, 0.15) is 12.4 Å². The monoisotopic (exact) mass is 398 g/mol. The van der Waals surface area contributed by atoms with Crippen LogP contribution in [0.15, 0.2) is 59.4 Å². The van der Waals surface area contributed by atoms with E-state index in [0.29, 0.717) is 37.9 Å². The van der Waals surface area contributed by atoms with Crippen molar-refractivity contribution >= 4 is 22.5 Å². The Morgan fingerprint density at radius 1 is 1.04 bits per heavy atom. The number of morpholine rings is 1. The number of para-hydroxylation sites is 1. The second kappa shape index (κ2) is 8.78. The molecule has 1 saturated heterocycles. The quantitative estimate of drug-likeness (QED) is 0.636. The minimum absolute atomic E-state index is 0.0120. The first kappa shape index (κ1) is 19.0. The first-order valence-electron chi connectivity index (χ1n) is 9.51. The van der Waals surface area contributed by atoms with E-state index in [-0.39, 0.29) is 5.56 Å². The van der Waals surface area contributed by atoms with Crippen LogP contribution >= 0.6 is 11.6 Å². The zero-order valence-corrected chi connectivity index (χ0v) is 16.4. The number of nitrogens with zero attached hydrogens (tertiary/aromatic N) is 2. The van der Waals surface area contributed by atoms with Gasteiger partial charge in [-0.15, -0.1) is 0 Å². The van der Waals surface area contributed by atoms with E-state index in [1.807, 2.05) is 54.6 Å². The second-order valence-electron chi connectivity index (χ2n) is 6.88. The second-order valence-corrected chi connectivity index (χ2v) is 7.32. The van der Waals surface area contributed by atoms with E-state index in [4.69, 9.17) is 21.1 Å². The van der Waals surface area contributed by atoms with Crippen LogP contribution in [-0.4, -0.2) is 42.4 Å². The molecule has 0 unspecified atom stereocenters. The lowest BCUT2D eigenvalue weighted by molar-refractivity contribution is 0.0340. The topological polar surface area (TPSA) is 43.7 Å². The average molecular weight is 399 g/mol. The molecule has 6 heteroatoms. The van der Waals surface area contributed by atoms with Crippen molar-refractivity contribution in [3.05, 3.63) is 75.5 Å². The molecule has 146 valence electrons. The van der Waals surface area contributed by atoms with Gasteiger partial charge in [-0.1, -0.05) is 35.9 Å². The Kier molecular flexibility index (Phi) is 5.95. The molecule has 1 fully saturated rings. The summed E-state index contributed by atoms with van der Waals surface area (Å²) in [6.07, 6.45) is 0. The fourth-order valence-electron chi connectivity index (χ4n) is 3.51. The zero-order valence-electron chi connectivity index (χ0n) is 15.6. The number of rotatable bonds is 6. The minimum Gasteiger partial charge on any atom is -0.492 e. The standard InChI is InChI=1S/C22H23ClN2O3/c23-19-7-6-17-14-18(16-24-8-11-27-12-9-24)22(26)25(21(17)15-19)10-13-28-20-4-2-1-3-5-20/h1-7,14-15H,8-13,16H2. The van der Waals surface area contributed by atoms with Crippen LogP contribution in [0.4, 0.5) is 0 Å². The van der Waals surface area contributed by atoms with E-state index in [1.165, 1.54) is 0 Å². The van der Waals surface area contributed by atoms with Gasteiger partial charge >= 0.3 is 0 Å². The Morgan fingerprint density at radius 3 is 2.61 bits per heavy atom. The van der Waals surface area contributed by atoms with Gasteiger partial charge in [-0.25, -0.2) is 0 Å². The molecule has 0 N–H and O–H groups in total. The number of hydrogen-bond donors (Lipinski definition) is 0. The van der Waals surface area contributed by atoms with Crippen LogP contribution in [0.3, 0.4) is 0 Å². The fraction of sp³-hybridized carbons (Fsp3) is 0.318. The molecule has 1 aliphatic heterocycles. The van der Waals surface area contributed by atoms with Crippen molar-refractivity contribution in [1.29, 1.82) is 0 Å². The van der Waals surface area contributed by atoms with E-state index in [2.05, 4.69) is 4.90 Å². The number of fused-ring (bicyclic) bond motifs is 1. The third kappa shape index (κ3) is 4.38. The lowest BCUT2D eigenvalue weighted by Gasteiger charge is -2.26. The van der Waals surface area contributed by atoms with E-state index >= 15 is 0 Å². The number of benzene rings is 2. The largest absolute Gasteiger partial charge is 0.492 e. The molecular formula is C22H23ClN2O3. The molecular weight excluding hydrogens is 376 g/mol. The van der Waals surface area contributed by atoms with Gasteiger partial charge in [0, 0.05) is 30.2 Å². The molecule has 0 radical (unpaired) electrons. The molecule has 0 amide bonds. The average Bonchev–Trinajstić information content (AvgIpc) is 2.72. The number of aromatic nitrogens is 1. The number of halogens is 1. The van der Waals surface area contributed by atoms with Crippen molar-refractivity contribution in [3.8, 4) is 5.75 Å². The molecule has 28 heavy (non-hydrogen) atoms. The number of ether oxygens (including phenoxy) is 2. The van der Waals surface area contributed by atoms with Crippen LogP contribution in [0.25, 0.3) is 10.9 Å². The molecule has 3 aromatic rings. The summed E-state index contributed by atoms with van der Waals surface area (Å²) in [6.45, 7) is 4.60. The van der Waals surface area contributed by atoms with Gasteiger partial charge in [0.25, 0.3) is 5.56 Å². The summed E-state index contributed by atoms with van der Waals surface area (Å²) in [5, 5.41) is 1.62. The van der Waals surface area contributed by atoms with Crippen LogP contribution in [0.1, 0.15) is 5.56 Å². The van der Waals surface area contributed by atoms with Gasteiger partial charge in [0.15, 0.2) is 0 Å². The van der Waals surface area contributed by atoms with Crippen LogP contribution in [0.5, 0.6) is 5.75 Å². The first-order chi connectivity index (χ1) is 13.7. The minimum atomic E-state index is 0.0120. The van der Waals surface area contributed by atoms with Crippen LogP contribution in [0, 0.1) is 0 Å². The van der Waals surface area contributed by atoms with Crippen LogP contribution in [0.2, 0.25) is 5.02 Å². The molecule has 1 aliphatic rings. The Hall–Kier alpha value is -2.34. The summed E-state index contributed by atoms with van der Waals surface area (Å²) in [6, 6.07) is 17.3. The molecule has 0 saturated carbocycles. The molecule has 0 bridgehead atoms. The summed E-state index contributed by atoms with van der Waals surface area (Å²) in [4.78, 5) is 15.5. The van der Waals surface area contributed by atoms with Gasteiger partial charge in [0.2, 0.25) is 0 Å². The Labute approximate surface area is 169 Å². The lowest BCUT2D eigenvalue weighted by Crippen LogP contribution is -2.38. The Balaban J connectivity index is 1.62. The number of pyridine rings is 1. The van der Waals surface area contributed by atoms with Crippen molar-refractivity contribution in [2.75, 3.05) is 32.9 Å². The molecule has 5 nitrogen and oxygen atoms in total. The molecule has 2 aromatic carbocycles. The maximum Gasteiger partial charge on any atom is 0.255 e. The van der Waals surface area contributed by atoms with Crippen molar-refractivity contribution < 1.29 is 9.47 Å². The molecule has 0 aliphatic carbocycles. The maximum atomic E-state index is 13.2. The highest BCUT2D eigenvalue weighted by Gasteiger charge is 2.15. The van der Waals surface area contributed by atoms with E-state index in [9.17, 15) is 4.79 Å². The lowest BCUT2D eigenvalue weighted by atomic mass is 10.1. The van der Waals surface area contributed by atoms with Gasteiger partial charge in [-0.2, -0.15) is 0 Å². The number of hydrogen-bond acceptors (Lipinski definition) is 4. The predicted octanol–water partition coefficient (Wildman–Crippen LogP) is 3.57. The molecule has 0 atom stereocenters. The van der Waals surface area contributed by atoms with E-state index in [0.717, 1.165) is 35.3 Å². The zero-order chi connectivity index (χ0) is 19.3. The van der Waals surface area contributed by atoms with Crippen molar-refractivity contribution in [2.45, 2.75) is 13.1 Å². The van der Waals surface area contributed by atoms with Gasteiger partial charge in [-0.3, -0.25) is 9.69 Å². The van der Waals surface area contributed by atoms with Gasteiger partial charge in [-0.05, 0) is 35.7 Å². The first-order valence-corrected chi connectivity index (χ1v) is 9.88. The third-order valence-electron chi connectivity index (χ3n) is 4.96. The van der Waals surface area contributed by atoms with Crippen molar-refractivity contribution in [2.24, 2.45) is 0 Å². The molecule has 0 spiro atoms. The predicted molar refractivity (Wildman–Crippen MR) is 111 cm³/mol. The smallest absolute Gasteiger partial charge is 0.255 e. The summed E-state index contributed by atoms with van der Waals surface area (Å²) < 4.78 is 13.0. The van der Waals surface area contributed by atoms with Gasteiger partial charge in [0.05, 0.1) is 25.3 Å². The third-order valence-corrected chi connectivity index (χ3v) is 5.19. The van der Waals surface area contributed by atoms with Crippen molar-refractivity contribution in [1.82, 2.24) is 9.47 Å². The van der Waals surface area contributed by atoms with E-state index in [1.54, 1.807) is 4.57 Å². The Bertz CT molecular complexity index is 998. The molecule has 4 rings (SSSR count). The maximum absolute atomic E-state index is 13.2. The summed E-state index contributed by atoms with van der Waals surface area (Å²) in [5.74, 6) is 0.794. The Morgan fingerprint density at radius 2 is 1.82 bits per heavy atom. The summed E-state index contributed by atoms with van der Waals surface area (Å²) in [5.41, 5.74) is 1.63. The molecule has 2 heterocycles. The SMILES string of the molecule is O=c1c(CN2CCOCC2)cc2ccc(Cl)cc2n1CCOc1ccccc1. The highest BCUT2D eigenvalue weighted by atomic mass is 35.5. The molecule has 1 aromatic heterocycles. The highest BCUT2D eigenvalue weighted by molar-refractivity contribution is 6.31. The van der Waals surface area contributed by atoms with Crippen molar-refractivity contribution in [3.63, 3.8) is 0 Å². The fourth-order valence-corrected chi connectivity index (χ4v) is 3.68. The summed E-state index contributed by atoms with van der Waals surface area (Å²) in [7, 11) is 0. The van der Waals surface area contributed by atoms with Crippen LogP contribution in [-0.2, 0) is 17.8 Å².